The van der Waals surface area contributed by atoms with Crippen LogP contribution in [-0.4, -0.2) is 34.1 Å². The molecule has 0 aliphatic rings. The minimum Gasteiger partial charge on any atom is -0.497 e. The fourth-order valence-corrected chi connectivity index (χ4v) is 3.11. The monoisotopic (exact) mass is 319 g/mol. The lowest BCUT2D eigenvalue weighted by Crippen LogP contribution is -2.36. The predicted octanol–water partition coefficient (Wildman–Crippen LogP) is 1.10. The standard InChI is InChI=1S/C15H13NO5S/c1-21-14-4-2-12-9-15(5-3-11(12)8-14)22(19,20)16-13(10-18)6-7-17/h2-5,8-9,13,16H,6H2,1H3/t13-/m0/s1. The number of nitrogens with one attached hydrogen (secondary N) is 1. The first-order valence-corrected chi connectivity index (χ1v) is 7.81. The van der Waals surface area contributed by atoms with Crippen LogP contribution < -0.4 is 9.46 Å². The summed E-state index contributed by atoms with van der Waals surface area (Å²) in [7, 11) is -2.38. The van der Waals surface area contributed by atoms with Crippen molar-refractivity contribution in [3.8, 4) is 5.75 Å². The van der Waals surface area contributed by atoms with Gasteiger partial charge in [-0.3, -0.25) is 9.59 Å². The van der Waals surface area contributed by atoms with Crippen LogP contribution in [0.3, 0.4) is 0 Å². The topological polar surface area (TPSA) is 89.5 Å². The second kappa shape index (κ2) is 6.67. The smallest absolute Gasteiger partial charge is 0.241 e. The lowest BCUT2D eigenvalue weighted by Gasteiger charge is -2.11. The molecule has 0 amide bonds. The molecular formula is C15H13NO5S. The van der Waals surface area contributed by atoms with Crippen LogP contribution in [0.15, 0.2) is 41.3 Å². The van der Waals surface area contributed by atoms with Crippen LogP contribution in [0.4, 0.5) is 0 Å². The van der Waals surface area contributed by atoms with Crippen LogP contribution in [0.1, 0.15) is 6.42 Å². The summed E-state index contributed by atoms with van der Waals surface area (Å²) in [5.41, 5.74) is 0. The Morgan fingerprint density at radius 3 is 2.45 bits per heavy atom. The second-order valence-corrected chi connectivity index (χ2v) is 6.23. The molecule has 2 rings (SSSR count). The molecule has 0 spiro atoms. The largest absolute Gasteiger partial charge is 0.497 e. The highest BCUT2D eigenvalue weighted by molar-refractivity contribution is 7.89. The summed E-state index contributed by atoms with van der Waals surface area (Å²) in [5.74, 6) is 0.665. The molecule has 1 atom stereocenters. The molecule has 0 saturated heterocycles. The molecule has 114 valence electrons. The molecule has 0 heterocycles. The van der Waals surface area contributed by atoms with Crippen LogP contribution >= 0.6 is 0 Å². The number of methoxy groups -OCH3 is 1. The molecule has 2 aromatic rings. The summed E-state index contributed by atoms with van der Waals surface area (Å²) in [6.45, 7) is 0. The molecule has 0 aliphatic heterocycles. The van der Waals surface area contributed by atoms with E-state index >= 15 is 0 Å². The first-order valence-electron chi connectivity index (χ1n) is 6.33. The average Bonchev–Trinajstić information content (AvgIpc) is 2.53. The summed E-state index contributed by atoms with van der Waals surface area (Å²) in [5, 5.41) is 1.52. The summed E-state index contributed by atoms with van der Waals surface area (Å²) in [6.07, 6.45) is 2.56. The Hall–Kier alpha value is -2.25. The third kappa shape index (κ3) is 3.49. The summed E-state index contributed by atoms with van der Waals surface area (Å²) < 4.78 is 31.6. The van der Waals surface area contributed by atoms with E-state index in [2.05, 4.69) is 4.72 Å². The molecule has 6 nitrogen and oxygen atoms in total. The molecule has 0 unspecified atom stereocenters. The van der Waals surface area contributed by atoms with Gasteiger partial charge in [-0.1, -0.05) is 12.1 Å². The van der Waals surface area contributed by atoms with Gasteiger partial charge in [-0.2, -0.15) is 4.72 Å². The van der Waals surface area contributed by atoms with Gasteiger partial charge in [0, 0.05) is 6.42 Å². The molecule has 1 N–H and O–H groups in total. The normalized spacial score (nSPS) is 12.8. The molecule has 2 aromatic carbocycles. The number of benzene rings is 2. The molecule has 0 fully saturated rings. The minimum atomic E-state index is -3.92. The lowest BCUT2D eigenvalue weighted by molar-refractivity contribution is 0.415. The van der Waals surface area contributed by atoms with E-state index in [-0.39, 0.29) is 11.3 Å². The molecular weight excluding hydrogens is 306 g/mol. The van der Waals surface area contributed by atoms with Crippen LogP contribution in [-0.2, 0) is 19.6 Å². The highest BCUT2D eigenvalue weighted by Crippen LogP contribution is 2.23. The van der Waals surface area contributed by atoms with E-state index in [1.54, 1.807) is 31.4 Å². The molecule has 22 heavy (non-hydrogen) atoms. The molecule has 0 saturated carbocycles. The molecule has 0 aliphatic carbocycles. The summed E-state index contributed by atoms with van der Waals surface area (Å²) in [6, 6.07) is 8.51. The Balaban J connectivity index is 2.36. The Morgan fingerprint density at radius 2 is 1.82 bits per heavy atom. The van der Waals surface area contributed by atoms with Crippen molar-refractivity contribution in [2.45, 2.75) is 17.4 Å². The van der Waals surface area contributed by atoms with Crippen molar-refractivity contribution in [1.29, 1.82) is 0 Å². The number of rotatable bonds is 7. The van der Waals surface area contributed by atoms with E-state index in [1.165, 1.54) is 24.7 Å². The SMILES string of the molecule is COc1ccc2cc(S(=O)(=O)N[C@H]([C]=O)C[C]=O)ccc2c1. The van der Waals surface area contributed by atoms with E-state index in [4.69, 9.17) is 4.74 Å². The average molecular weight is 319 g/mol. The third-order valence-corrected chi connectivity index (χ3v) is 4.53. The van der Waals surface area contributed by atoms with E-state index < -0.39 is 16.1 Å². The van der Waals surface area contributed by atoms with Crippen molar-refractivity contribution < 1.29 is 22.7 Å². The maximum absolute atomic E-state index is 12.2. The van der Waals surface area contributed by atoms with Gasteiger partial charge in [0.15, 0.2) is 0 Å². The Labute approximate surface area is 128 Å². The van der Waals surface area contributed by atoms with Gasteiger partial charge in [-0.25, -0.2) is 8.42 Å². The van der Waals surface area contributed by atoms with Crippen molar-refractivity contribution >= 4 is 33.4 Å². The van der Waals surface area contributed by atoms with Gasteiger partial charge in [0.05, 0.1) is 18.0 Å². The van der Waals surface area contributed by atoms with Crippen molar-refractivity contribution in [3.05, 3.63) is 36.4 Å². The molecule has 7 heteroatoms. The number of carbonyl (C=O) groups excluding carboxylic acids is 2. The number of fused-ring (bicyclic) bond motifs is 1. The van der Waals surface area contributed by atoms with Crippen molar-refractivity contribution in [2.75, 3.05) is 7.11 Å². The summed E-state index contributed by atoms with van der Waals surface area (Å²) in [4.78, 5) is 20.9. The Morgan fingerprint density at radius 1 is 1.14 bits per heavy atom. The van der Waals surface area contributed by atoms with Crippen molar-refractivity contribution in [3.63, 3.8) is 0 Å². The Kier molecular flexibility index (Phi) is 4.89. The maximum Gasteiger partial charge on any atom is 0.241 e. The van der Waals surface area contributed by atoms with Gasteiger partial charge < -0.3 is 4.74 Å². The van der Waals surface area contributed by atoms with Crippen LogP contribution in [0, 0.1) is 0 Å². The van der Waals surface area contributed by atoms with Gasteiger partial charge >= 0.3 is 0 Å². The zero-order valence-electron chi connectivity index (χ0n) is 11.7. The van der Waals surface area contributed by atoms with E-state index in [9.17, 15) is 18.0 Å². The molecule has 0 aromatic heterocycles. The summed E-state index contributed by atoms with van der Waals surface area (Å²) >= 11 is 0. The fourth-order valence-electron chi connectivity index (χ4n) is 1.94. The second-order valence-electron chi connectivity index (χ2n) is 4.52. The van der Waals surface area contributed by atoms with E-state index in [0.717, 1.165) is 5.39 Å². The highest BCUT2D eigenvalue weighted by atomic mass is 32.2. The number of sulfonamides is 1. The number of hydrogen-bond donors (Lipinski definition) is 1. The Bertz CT molecular complexity index is 801. The molecule has 2 radical (unpaired) electrons. The zero-order valence-corrected chi connectivity index (χ0v) is 12.5. The maximum atomic E-state index is 12.2. The number of ether oxygens (including phenoxy) is 1. The fraction of sp³-hybridized carbons (Fsp3) is 0.200. The van der Waals surface area contributed by atoms with Crippen molar-refractivity contribution in [2.24, 2.45) is 0 Å². The number of hydrogen-bond acceptors (Lipinski definition) is 5. The van der Waals surface area contributed by atoms with Crippen molar-refractivity contribution in [1.82, 2.24) is 4.72 Å². The first kappa shape index (κ1) is 16.1. The first-order chi connectivity index (χ1) is 10.5. The van der Waals surface area contributed by atoms with Crippen LogP contribution in [0.5, 0.6) is 5.75 Å². The van der Waals surface area contributed by atoms with Crippen LogP contribution in [0.2, 0.25) is 0 Å². The van der Waals surface area contributed by atoms with Crippen LogP contribution in [0.25, 0.3) is 10.8 Å². The lowest BCUT2D eigenvalue weighted by atomic mass is 10.1. The van der Waals surface area contributed by atoms with E-state index in [1.807, 2.05) is 0 Å². The van der Waals surface area contributed by atoms with Gasteiger partial charge in [0.1, 0.15) is 5.75 Å². The molecule has 0 bridgehead atoms. The van der Waals surface area contributed by atoms with E-state index in [0.29, 0.717) is 11.1 Å². The minimum absolute atomic E-state index is 0.00341. The highest BCUT2D eigenvalue weighted by Gasteiger charge is 2.20. The van der Waals surface area contributed by atoms with Gasteiger partial charge in [0.25, 0.3) is 0 Å². The quantitative estimate of drug-likeness (QED) is 0.825. The zero-order chi connectivity index (χ0) is 16.2. The third-order valence-electron chi connectivity index (χ3n) is 3.06. The van der Waals surface area contributed by atoms with Gasteiger partial charge in [-0.15, -0.1) is 0 Å². The predicted molar refractivity (Wildman–Crippen MR) is 80.6 cm³/mol. The van der Waals surface area contributed by atoms with Gasteiger partial charge in [-0.05, 0) is 35.0 Å². The van der Waals surface area contributed by atoms with Gasteiger partial charge in [0.2, 0.25) is 22.6 Å².